The summed E-state index contributed by atoms with van der Waals surface area (Å²) in [6.45, 7) is 0. The highest BCUT2D eigenvalue weighted by atomic mass is 79.9. The molecular formula is C25H19Br. The monoisotopic (exact) mass is 398 g/mol. The molecule has 26 heavy (non-hydrogen) atoms. The van der Waals surface area contributed by atoms with Crippen molar-refractivity contribution >= 4 is 15.9 Å². The Kier molecular flexibility index (Phi) is 3.72. The van der Waals surface area contributed by atoms with Crippen LogP contribution in [0.5, 0.6) is 0 Å². The smallest absolute Gasteiger partial charge is 0.0529 e. The van der Waals surface area contributed by atoms with E-state index in [0.29, 0.717) is 5.92 Å². The number of halogens is 1. The van der Waals surface area contributed by atoms with Gasteiger partial charge in [-0.15, -0.1) is 0 Å². The Bertz CT molecular complexity index is 1030. The Morgan fingerprint density at radius 1 is 0.769 bits per heavy atom. The van der Waals surface area contributed by atoms with Gasteiger partial charge in [0.05, 0.1) is 5.41 Å². The van der Waals surface area contributed by atoms with Gasteiger partial charge in [0.25, 0.3) is 0 Å². The molecule has 1 heteroatoms. The molecule has 2 aliphatic carbocycles. The van der Waals surface area contributed by atoms with E-state index < -0.39 is 0 Å². The molecule has 3 aromatic rings. The van der Waals surface area contributed by atoms with Crippen LogP contribution < -0.4 is 0 Å². The van der Waals surface area contributed by atoms with E-state index in [1.165, 1.54) is 27.8 Å². The number of fused-ring (bicyclic) bond motifs is 3. The van der Waals surface area contributed by atoms with Crippen molar-refractivity contribution in [3.05, 3.63) is 118 Å². The van der Waals surface area contributed by atoms with Crippen LogP contribution in [0.2, 0.25) is 0 Å². The first kappa shape index (κ1) is 15.8. The number of hydrogen-bond donors (Lipinski definition) is 0. The first-order valence-corrected chi connectivity index (χ1v) is 9.90. The fourth-order valence-corrected chi connectivity index (χ4v) is 5.17. The van der Waals surface area contributed by atoms with Crippen LogP contribution in [0.4, 0.5) is 0 Å². The summed E-state index contributed by atoms with van der Waals surface area (Å²) in [5, 5.41) is 0. The van der Waals surface area contributed by atoms with Gasteiger partial charge in [-0.3, -0.25) is 0 Å². The third-order valence-corrected chi connectivity index (χ3v) is 6.31. The van der Waals surface area contributed by atoms with Gasteiger partial charge >= 0.3 is 0 Å². The molecule has 0 spiro atoms. The minimum absolute atomic E-state index is 0.155. The Morgan fingerprint density at radius 3 is 2.35 bits per heavy atom. The molecule has 2 aliphatic rings. The Balaban J connectivity index is 1.92. The van der Waals surface area contributed by atoms with Gasteiger partial charge in [0, 0.05) is 4.47 Å². The van der Waals surface area contributed by atoms with Crippen LogP contribution in [0, 0.1) is 5.92 Å². The number of benzene rings is 3. The van der Waals surface area contributed by atoms with Gasteiger partial charge in [-0.05, 0) is 52.3 Å². The average Bonchev–Trinajstić information content (AvgIpc) is 3.00. The first-order valence-electron chi connectivity index (χ1n) is 9.10. The van der Waals surface area contributed by atoms with Gasteiger partial charge in [0.2, 0.25) is 0 Å². The van der Waals surface area contributed by atoms with E-state index in [9.17, 15) is 0 Å². The van der Waals surface area contributed by atoms with Crippen molar-refractivity contribution in [3.8, 4) is 11.1 Å². The van der Waals surface area contributed by atoms with Crippen molar-refractivity contribution < 1.29 is 0 Å². The van der Waals surface area contributed by atoms with Gasteiger partial charge in [0.1, 0.15) is 0 Å². The molecule has 126 valence electrons. The Morgan fingerprint density at radius 2 is 1.54 bits per heavy atom. The third-order valence-electron chi connectivity index (χ3n) is 5.81. The summed E-state index contributed by atoms with van der Waals surface area (Å²) in [7, 11) is 0. The molecule has 0 heterocycles. The highest BCUT2D eigenvalue weighted by Gasteiger charge is 2.48. The lowest BCUT2D eigenvalue weighted by Crippen LogP contribution is -2.35. The summed E-state index contributed by atoms with van der Waals surface area (Å²) < 4.78 is 1.14. The van der Waals surface area contributed by atoms with Crippen molar-refractivity contribution in [3.63, 3.8) is 0 Å². The molecule has 0 aliphatic heterocycles. The molecule has 0 amide bonds. The second-order valence-corrected chi connectivity index (χ2v) is 7.98. The molecule has 0 N–H and O–H groups in total. The summed E-state index contributed by atoms with van der Waals surface area (Å²) in [5.41, 5.74) is 6.76. The van der Waals surface area contributed by atoms with Crippen LogP contribution in [0.15, 0.2) is 102 Å². The van der Waals surface area contributed by atoms with E-state index in [4.69, 9.17) is 0 Å². The molecule has 0 bridgehead atoms. The summed E-state index contributed by atoms with van der Waals surface area (Å²) >= 11 is 3.73. The van der Waals surface area contributed by atoms with Crippen LogP contribution in [-0.4, -0.2) is 0 Å². The standard InChI is InChI=1S/C25H19Br/c26-20-15-16-22-21-13-7-8-14-23(21)25(24(22)17-20,18-9-3-1-4-10-18)19-11-5-2-6-12-19/h1-11,13-17,19H,12H2/t19?,25-/m0/s1. The minimum Gasteiger partial charge on any atom is -0.0839 e. The van der Waals surface area contributed by atoms with E-state index in [1.807, 2.05) is 0 Å². The van der Waals surface area contributed by atoms with Crippen LogP contribution in [-0.2, 0) is 5.41 Å². The molecule has 3 aromatic carbocycles. The number of allylic oxidation sites excluding steroid dienone is 4. The molecule has 5 rings (SSSR count). The van der Waals surface area contributed by atoms with Gasteiger partial charge in [-0.1, -0.05) is 101 Å². The normalized spacial score (nSPS) is 22.9. The van der Waals surface area contributed by atoms with E-state index in [0.717, 1.165) is 10.9 Å². The molecule has 0 aromatic heterocycles. The van der Waals surface area contributed by atoms with Crippen molar-refractivity contribution in [1.82, 2.24) is 0 Å². The zero-order valence-corrected chi connectivity index (χ0v) is 16.0. The second-order valence-electron chi connectivity index (χ2n) is 7.06. The zero-order valence-electron chi connectivity index (χ0n) is 14.4. The van der Waals surface area contributed by atoms with Crippen LogP contribution in [0.3, 0.4) is 0 Å². The molecule has 0 saturated carbocycles. The molecule has 0 saturated heterocycles. The topological polar surface area (TPSA) is 0 Å². The van der Waals surface area contributed by atoms with Crippen LogP contribution in [0.25, 0.3) is 11.1 Å². The lowest BCUT2D eigenvalue weighted by molar-refractivity contribution is 0.457. The fourth-order valence-electron chi connectivity index (χ4n) is 4.81. The Labute approximate surface area is 163 Å². The molecule has 1 unspecified atom stereocenters. The maximum atomic E-state index is 3.73. The summed E-state index contributed by atoms with van der Waals surface area (Å²) in [5.74, 6) is 0.395. The largest absolute Gasteiger partial charge is 0.0839 e. The summed E-state index contributed by atoms with van der Waals surface area (Å²) in [6.07, 6.45) is 10.1. The molecule has 0 radical (unpaired) electrons. The van der Waals surface area contributed by atoms with Gasteiger partial charge < -0.3 is 0 Å². The highest BCUT2D eigenvalue weighted by molar-refractivity contribution is 9.10. The van der Waals surface area contributed by atoms with Crippen LogP contribution in [0.1, 0.15) is 23.1 Å². The molecule has 0 fully saturated rings. The lowest BCUT2D eigenvalue weighted by atomic mass is 9.62. The summed E-state index contributed by atoms with van der Waals surface area (Å²) in [4.78, 5) is 0. The molecular weight excluding hydrogens is 380 g/mol. The van der Waals surface area contributed by atoms with Gasteiger partial charge in [-0.2, -0.15) is 0 Å². The zero-order chi connectivity index (χ0) is 17.6. The third kappa shape index (κ3) is 2.13. The second kappa shape index (κ2) is 6.10. The van der Waals surface area contributed by atoms with E-state index in [1.54, 1.807) is 0 Å². The van der Waals surface area contributed by atoms with Gasteiger partial charge in [0.15, 0.2) is 0 Å². The fraction of sp³-hybridized carbons (Fsp3) is 0.120. The molecule has 2 atom stereocenters. The van der Waals surface area contributed by atoms with Crippen molar-refractivity contribution in [2.75, 3.05) is 0 Å². The minimum atomic E-state index is -0.155. The van der Waals surface area contributed by atoms with Crippen LogP contribution >= 0.6 is 15.9 Å². The SMILES string of the molecule is Brc1ccc2c(c1)[C@@](c1ccccc1)(C1C=CC=CC1)c1ccccc1-2. The number of hydrogen-bond acceptors (Lipinski definition) is 0. The number of rotatable bonds is 2. The summed E-state index contributed by atoms with van der Waals surface area (Å²) in [6, 6.07) is 26.7. The predicted molar refractivity (Wildman–Crippen MR) is 112 cm³/mol. The van der Waals surface area contributed by atoms with Crippen molar-refractivity contribution in [2.45, 2.75) is 11.8 Å². The lowest BCUT2D eigenvalue weighted by Gasteiger charge is -2.39. The maximum Gasteiger partial charge on any atom is 0.0529 e. The predicted octanol–water partition coefficient (Wildman–Crippen LogP) is 6.90. The molecule has 0 nitrogen and oxygen atoms in total. The highest BCUT2D eigenvalue weighted by Crippen LogP contribution is 2.58. The average molecular weight is 399 g/mol. The first-order chi connectivity index (χ1) is 12.8. The van der Waals surface area contributed by atoms with Crippen molar-refractivity contribution in [2.24, 2.45) is 5.92 Å². The van der Waals surface area contributed by atoms with E-state index in [-0.39, 0.29) is 5.41 Å². The van der Waals surface area contributed by atoms with Gasteiger partial charge in [-0.25, -0.2) is 0 Å². The van der Waals surface area contributed by atoms with E-state index in [2.05, 4.69) is 113 Å². The quantitative estimate of drug-likeness (QED) is 0.440. The van der Waals surface area contributed by atoms with E-state index >= 15 is 0 Å². The van der Waals surface area contributed by atoms with Crippen molar-refractivity contribution in [1.29, 1.82) is 0 Å². The maximum absolute atomic E-state index is 3.73. The Hall–Kier alpha value is -2.38.